The van der Waals surface area contributed by atoms with E-state index in [9.17, 15) is 9.59 Å². The molecular formula is C17H32N2O3. The van der Waals surface area contributed by atoms with Gasteiger partial charge in [0.25, 0.3) is 0 Å². The van der Waals surface area contributed by atoms with Gasteiger partial charge in [-0.15, -0.1) is 0 Å². The molecule has 2 amide bonds. The molecule has 0 unspecified atom stereocenters. The Morgan fingerprint density at radius 1 is 0.955 bits per heavy atom. The molecule has 0 aliphatic carbocycles. The molecule has 2 N–H and O–H groups in total. The van der Waals surface area contributed by atoms with E-state index < -0.39 is 11.8 Å². The van der Waals surface area contributed by atoms with E-state index in [4.69, 9.17) is 4.74 Å². The van der Waals surface area contributed by atoms with E-state index in [2.05, 4.69) is 17.6 Å². The first kappa shape index (κ1) is 18.9. The van der Waals surface area contributed by atoms with Crippen LogP contribution in [0.1, 0.15) is 71.1 Å². The van der Waals surface area contributed by atoms with Crippen molar-refractivity contribution < 1.29 is 14.3 Å². The van der Waals surface area contributed by atoms with Crippen molar-refractivity contribution >= 4 is 11.8 Å². The zero-order valence-corrected chi connectivity index (χ0v) is 14.0. The quantitative estimate of drug-likeness (QED) is 0.455. The topological polar surface area (TPSA) is 67.4 Å². The summed E-state index contributed by atoms with van der Waals surface area (Å²) in [6.07, 6.45) is 11.9. The first-order chi connectivity index (χ1) is 10.7. The maximum atomic E-state index is 11.6. The maximum absolute atomic E-state index is 11.6. The van der Waals surface area contributed by atoms with Gasteiger partial charge in [0.1, 0.15) is 0 Å². The van der Waals surface area contributed by atoms with Crippen LogP contribution in [0.15, 0.2) is 0 Å². The van der Waals surface area contributed by atoms with Crippen molar-refractivity contribution in [3.8, 4) is 0 Å². The zero-order valence-electron chi connectivity index (χ0n) is 14.0. The van der Waals surface area contributed by atoms with Gasteiger partial charge in [-0.3, -0.25) is 9.59 Å². The molecule has 0 aromatic rings. The Labute approximate surface area is 134 Å². The summed E-state index contributed by atoms with van der Waals surface area (Å²) in [5, 5.41) is 5.31. The average Bonchev–Trinajstić information content (AvgIpc) is 3.04. The van der Waals surface area contributed by atoms with Crippen LogP contribution in [0.4, 0.5) is 0 Å². The van der Waals surface area contributed by atoms with Crippen LogP contribution in [-0.4, -0.2) is 37.6 Å². The number of amides is 2. The second kappa shape index (κ2) is 12.4. The van der Waals surface area contributed by atoms with Crippen molar-refractivity contribution in [2.45, 2.75) is 77.2 Å². The molecule has 1 rings (SSSR count). The third kappa shape index (κ3) is 9.03. The molecule has 5 heteroatoms. The van der Waals surface area contributed by atoms with Gasteiger partial charge in [-0.1, -0.05) is 51.9 Å². The Morgan fingerprint density at radius 3 is 2.23 bits per heavy atom. The van der Waals surface area contributed by atoms with Gasteiger partial charge in [-0.25, -0.2) is 0 Å². The van der Waals surface area contributed by atoms with Crippen molar-refractivity contribution in [1.82, 2.24) is 10.6 Å². The Bertz CT molecular complexity index is 315. The molecule has 1 saturated heterocycles. The molecule has 22 heavy (non-hydrogen) atoms. The average molecular weight is 312 g/mol. The molecule has 0 aromatic carbocycles. The SMILES string of the molecule is CCCCCCCCCCNC(=O)C(=O)NC[C@H]1CCCO1. The number of ether oxygens (including phenoxy) is 1. The number of carbonyl (C=O) groups excluding carboxylic acids is 2. The van der Waals surface area contributed by atoms with Gasteiger partial charge < -0.3 is 15.4 Å². The van der Waals surface area contributed by atoms with E-state index >= 15 is 0 Å². The van der Waals surface area contributed by atoms with Crippen LogP contribution >= 0.6 is 0 Å². The fraction of sp³-hybridized carbons (Fsp3) is 0.882. The molecule has 0 aromatic heterocycles. The summed E-state index contributed by atoms with van der Waals surface area (Å²) in [6.45, 7) is 4.00. The van der Waals surface area contributed by atoms with Gasteiger partial charge in [0.2, 0.25) is 0 Å². The van der Waals surface area contributed by atoms with E-state index in [-0.39, 0.29) is 6.10 Å². The van der Waals surface area contributed by atoms with E-state index in [1.165, 1.54) is 38.5 Å². The fourth-order valence-electron chi connectivity index (χ4n) is 2.63. The van der Waals surface area contributed by atoms with Gasteiger partial charge in [0, 0.05) is 19.7 Å². The van der Waals surface area contributed by atoms with Crippen LogP contribution in [0, 0.1) is 0 Å². The normalized spacial score (nSPS) is 17.4. The lowest BCUT2D eigenvalue weighted by Crippen LogP contribution is -2.42. The molecule has 1 atom stereocenters. The smallest absolute Gasteiger partial charge is 0.309 e. The lowest BCUT2D eigenvalue weighted by molar-refractivity contribution is -0.139. The highest BCUT2D eigenvalue weighted by Crippen LogP contribution is 2.10. The van der Waals surface area contributed by atoms with Gasteiger partial charge in [0.05, 0.1) is 6.10 Å². The first-order valence-electron chi connectivity index (χ1n) is 8.91. The molecule has 0 radical (unpaired) electrons. The van der Waals surface area contributed by atoms with Crippen molar-refractivity contribution in [1.29, 1.82) is 0 Å². The van der Waals surface area contributed by atoms with Crippen LogP contribution in [0.3, 0.4) is 0 Å². The predicted molar refractivity (Wildman–Crippen MR) is 87.6 cm³/mol. The molecule has 1 heterocycles. The molecule has 1 aliphatic heterocycles. The summed E-state index contributed by atoms with van der Waals surface area (Å²) < 4.78 is 5.40. The summed E-state index contributed by atoms with van der Waals surface area (Å²) in [6, 6.07) is 0. The highest BCUT2D eigenvalue weighted by atomic mass is 16.5. The molecule has 0 spiro atoms. The highest BCUT2D eigenvalue weighted by Gasteiger charge is 2.18. The van der Waals surface area contributed by atoms with Crippen LogP contribution in [-0.2, 0) is 14.3 Å². The zero-order chi connectivity index (χ0) is 16.0. The second-order valence-corrected chi connectivity index (χ2v) is 6.08. The number of nitrogens with one attached hydrogen (secondary N) is 2. The maximum Gasteiger partial charge on any atom is 0.309 e. The Morgan fingerprint density at radius 2 is 1.59 bits per heavy atom. The minimum absolute atomic E-state index is 0.0736. The second-order valence-electron chi connectivity index (χ2n) is 6.08. The number of hydrogen-bond donors (Lipinski definition) is 2. The van der Waals surface area contributed by atoms with Gasteiger partial charge in [0.15, 0.2) is 0 Å². The van der Waals surface area contributed by atoms with Crippen molar-refractivity contribution in [3.05, 3.63) is 0 Å². The van der Waals surface area contributed by atoms with Crippen molar-refractivity contribution in [2.75, 3.05) is 19.7 Å². The van der Waals surface area contributed by atoms with E-state index in [1.807, 2.05) is 0 Å². The predicted octanol–water partition coefficient (Wildman–Crippen LogP) is 2.54. The Kier molecular flexibility index (Phi) is 10.7. The molecule has 5 nitrogen and oxygen atoms in total. The molecule has 1 aliphatic rings. The summed E-state index contributed by atoms with van der Waals surface area (Å²) in [5.41, 5.74) is 0. The monoisotopic (exact) mass is 312 g/mol. The molecule has 1 fully saturated rings. The lowest BCUT2D eigenvalue weighted by atomic mass is 10.1. The summed E-state index contributed by atoms with van der Waals surface area (Å²) in [4.78, 5) is 23.2. The number of unbranched alkanes of at least 4 members (excludes halogenated alkanes) is 7. The minimum atomic E-state index is -0.546. The summed E-state index contributed by atoms with van der Waals surface area (Å²) in [7, 11) is 0. The third-order valence-corrected chi connectivity index (χ3v) is 4.04. The molecule has 128 valence electrons. The van der Waals surface area contributed by atoms with E-state index in [0.29, 0.717) is 13.1 Å². The van der Waals surface area contributed by atoms with E-state index in [1.54, 1.807) is 0 Å². The van der Waals surface area contributed by atoms with Crippen LogP contribution in [0.5, 0.6) is 0 Å². The van der Waals surface area contributed by atoms with Crippen molar-refractivity contribution in [2.24, 2.45) is 0 Å². The summed E-state index contributed by atoms with van der Waals surface area (Å²) in [5.74, 6) is -1.07. The van der Waals surface area contributed by atoms with Crippen LogP contribution < -0.4 is 10.6 Å². The Hall–Kier alpha value is -1.10. The number of hydrogen-bond acceptors (Lipinski definition) is 3. The molecule has 0 bridgehead atoms. The van der Waals surface area contributed by atoms with Gasteiger partial charge in [-0.2, -0.15) is 0 Å². The van der Waals surface area contributed by atoms with Crippen LogP contribution in [0.25, 0.3) is 0 Å². The van der Waals surface area contributed by atoms with Crippen molar-refractivity contribution in [3.63, 3.8) is 0 Å². The fourth-order valence-corrected chi connectivity index (χ4v) is 2.63. The number of rotatable bonds is 11. The summed E-state index contributed by atoms with van der Waals surface area (Å²) >= 11 is 0. The minimum Gasteiger partial charge on any atom is -0.376 e. The lowest BCUT2D eigenvalue weighted by Gasteiger charge is -2.10. The molecular weight excluding hydrogens is 280 g/mol. The number of carbonyl (C=O) groups is 2. The molecule has 0 saturated carbocycles. The third-order valence-electron chi connectivity index (χ3n) is 4.04. The van der Waals surface area contributed by atoms with Crippen LogP contribution in [0.2, 0.25) is 0 Å². The van der Waals surface area contributed by atoms with Gasteiger partial charge >= 0.3 is 11.8 Å². The largest absolute Gasteiger partial charge is 0.376 e. The Balaban J connectivity index is 1.90. The standard InChI is InChI=1S/C17H32N2O3/c1-2-3-4-5-6-7-8-9-12-18-16(20)17(21)19-14-15-11-10-13-22-15/h15H,2-14H2,1H3,(H,18,20)(H,19,21)/t15-/m1/s1. The highest BCUT2D eigenvalue weighted by molar-refractivity contribution is 6.35. The van der Waals surface area contributed by atoms with Gasteiger partial charge in [-0.05, 0) is 19.3 Å². The van der Waals surface area contributed by atoms with E-state index in [0.717, 1.165) is 32.3 Å². The first-order valence-corrected chi connectivity index (χ1v) is 8.91.